The maximum atomic E-state index is 13.4. The fourth-order valence-electron chi connectivity index (χ4n) is 3.80. The number of nitrogens with one attached hydrogen (secondary N) is 2. The molecule has 0 saturated carbocycles. The summed E-state index contributed by atoms with van der Waals surface area (Å²) in [6.07, 6.45) is 3.88. The third-order valence-corrected chi connectivity index (χ3v) is 5.20. The van der Waals surface area contributed by atoms with Gasteiger partial charge in [0.2, 0.25) is 5.91 Å². The molecule has 140 valence electrons. The van der Waals surface area contributed by atoms with E-state index in [-0.39, 0.29) is 17.5 Å². The lowest BCUT2D eigenvalue weighted by Gasteiger charge is -2.31. The second-order valence-corrected chi connectivity index (χ2v) is 7.04. The molecule has 1 amide bonds. The highest BCUT2D eigenvalue weighted by atomic mass is 19.1. The zero-order valence-electron chi connectivity index (χ0n) is 14.8. The zero-order chi connectivity index (χ0) is 18.8. The van der Waals surface area contributed by atoms with Gasteiger partial charge in [-0.15, -0.1) is 0 Å². The number of hydrogen-bond donors (Lipinski definition) is 2. The number of aromatic amines is 1. The van der Waals surface area contributed by atoms with Gasteiger partial charge < -0.3 is 10.3 Å². The quantitative estimate of drug-likeness (QED) is 0.722. The molecule has 0 atom stereocenters. The van der Waals surface area contributed by atoms with Crippen LogP contribution in [0, 0.1) is 11.6 Å². The number of rotatable bonds is 4. The molecule has 6 heteroatoms. The van der Waals surface area contributed by atoms with E-state index in [4.69, 9.17) is 0 Å². The monoisotopic (exact) mass is 369 g/mol. The molecule has 0 aliphatic carbocycles. The molecule has 2 aromatic carbocycles. The minimum Gasteiger partial charge on any atom is -0.361 e. The van der Waals surface area contributed by atoms with Crippen LogP contribution < -0.4 is 5.32 Å². The topological polar surface area (TPSA) is 48.1 Å². The van der Waals surface area contributed by atoms with Crippen LogP contribution in [0.15, 0.2) is 48.7 Å². The maximum Gasteiger partial charge on any atom is 0.238 e. The van der Waals surface area contributed by atoms with Crippen LogP contribution in [0.4, 0.5) is 14.5 Å². The summed E-state index contributed by atoms with van der Waals surface area (Å²) in [7, 11) is 0. The third kappa shape index (κ3) is 4.01. The van der Waals surface area contributed by atoms with Crippen molar-refractivity contribution in [1.29, 1.82) is 0 Å². The fourth-order valence-corrected chi connectivity index (χ4v) is 3.80. The van der Waals surface area contributed by atoms with Crippen LogP contribution in [0.5, 0.6) is 0 Å². The SMILES string of the molecule is O=C(CN1CCC(c2c[nH]c3cc(F)ccc23)CC1)Nc1ccc(F)cc1. The highest BCUT2D eigenvalue weighted by Gasteiger charge is 2.24. The summed E-state index contributed by atoms with van der Waals surface area (Å²) in [4.78, 5) is 17.5. The first-order valence-electron chi connectivity index (χ1n) is 9.13. The Hall–Kier alpha value is -2.73. The normalized spacial score (nSPS) is 15.9. The predicted octanol–water partition coefficient (Wildman–Crippen LogP) is 4.26. The lowest BCUT2D eigenvalue weighted by Crippen LogP contribution is -2.38. The van der Waals surface area contributed by atoms with E-state index in [2.05, 4.69) is 15.2 Å². The van der Waals surface area contributed by atoms with Gasteiger partial charge in [-0.25, -0.2) is 8.78 Å². The second-order valence-electron chi connectivity index (χ2n) is 7.04. The van der Waals surface area contributed by atoms with Crippen molar-refractivity contribution in [1.82, 2.24) is 9.88 Å². The molecule has 2 heterocycles. The number of hydrogen-bond acceptors (Lipinski definition) is 2. The van der Waals surface area contributed by atoms with Crippen LogP contribution in [0.1, 0.15) is 24.3 Å². The minimum atomic E-state index is -0.324. The van der Waals surface area contributed by atoms with Crippen LogP contribution >= 0.6 is 0 Å². The Balaban J connectivity index is 1.33. The third-order valence-electron chi connectivity index (χ3n) is 5.20. The molecule has 1 aliphatic heterocycles. The minimum absolute atomic E-state index is 0.0948. The van der Waals surface area contributed by atoms with Crippen molar-refractivity contribution in [3.63, 3.8) is 0 Å². The first-order chi connectivity index (χ1) is 13.1. The molecule has 1 saturated heterocycles. The van der Waals surface area contributed by atoms with Gasteiger partial charge >= 0.3 is 0 Å². The number of carbonyl (C=O) groups is 1. The van der Waals surface area contributed by atoms with E-state index in [1.165, 1.54) is 29.8 Å². The number of amides is 1. The fraction of sp³-hybridized carbons (Fsp3) is 0.286. The van der Waals surface area contributed by atoms with E-state index in [1.54, 1.807) is 12.1 Å². The van der Waals surface area contributed by atoms with Gasteiger partial charge in [-0.3, -0.25) is 9.69 Å². The summed E-state index contributed by atoms with van der Waals surface area (Å²) in [5.74, 6) is -0.253. The van der Waals surface area contributed by atoms with E-state index >= 15 is 0 Å². The van der Waals surface area contributed by atoms with Gasteiger partial charge in [0.05, 0.1) is 6.54 Å². The van der Waals surface area contributed by atoms with Gasteiger partial charge in [0.15, 0.2) is 0 Å². The first kappa shape index (κ1) is 17.7. The van der Waals surface area contributed by atoms with Crippen LogP contribution in [-0.2, 0) is 4.79 Å². The number of H-pyrrole nitrogens is 1. The number of aromatic nitrogens is 1. The Kier molecular flexibility index (Phi) is 4.90. The van der Waals surface area contributed by atoms with Gasteiger partial charge in [-0.05, 0) is 79.9 Å². The van der Waals surface area contributed by atoms with Crippen molar-refractivity contribution < 1.29 is 13.6 Å². The average Bonchev–Trinajstić information content (AvgIpc) is 3.07. The maximum absolute atomic E-state index is 13.4. The molecule has 1 fully saturated rings. The number of fused-ring (bicyclic) bond motifs is 1. The Labute approximate surface area is 156 Å². The number of likely N-dealkylation sites (tertiary alicyclic amines) is 1. The molecule has 0 unspecified atom stereocenters. The smallest absolute Gasteiger partial charge is 0.238 e. The lowest BCUT2D eigenvalue weighted by atomic mass is 9.89. The molecule has 3 aromatic rings. The number of nitrogens with zero attached hydrogens (tertiary/aromatic N) is 1. The van der Waals surface area contributed by atoms with Crippen LogP contribution in [0.25, 0.3) is 10.9 Å². The first-order valence-corrected chi connectivity index (χ1v) is 9.13. The highest BCUT2D eigenvalue weighted by Crippen LogP contribution is 2.33. The molecular weight excluding hydrogens is 348 g/mol. The van der Waals surface area contributed by atoms with Crippen molar-refractivity contribution in [3.8, 4) is 0 Å². The van der Waals surface area contributed by atoms with Crippen molar-refractivity contribution in [3.05, 3.63) is 65.9 Å². The molecule has 4 rings (SSSR count). The lowest BCUT2D eigenvalue weighted by molar-refractivity contribution is -0.117. The Bertz CT molecular complexity index is 944. The standard InChI is InChI=1S/C21H21F2N3O/c22-15-1-4-17(5-2-15)25-21(27)13-26-9-7-14(8-10-26)19-12-24-20-11-16(23)3-6-18(19)20/h1-6,11-12,14,24H,7-10,13H2,(H,25,27). The molecule has 1 aliphatic rings. The largest absolute Gasteiger partial charge is 0.361 e. The molecule has 0 spiro atoms. The number of anilines is 1. The van der Waals surface area contributed by atoms with E-state index in [0.29, 0.717) is 18.2 Å². The summed E-state index contributed by atoms with van der Waals surface area (Å²) in [6, 6.07) is 10.6. The summed E-state index contributed by atoms with van der Waals surface area (Å²) >= 11 is 0. The van der Waals surface area contributed by atoms with Gasteiger partial charge in [0.25, 0.3) is 0 Å². The summed E-state index contributed by atoms with van der Waals surface area (Å²) in [5, 5.41) is 3.87. The zero-order valence-corrected chi connectivity index (χ0v) is 14.8. The van der Waals surface area contributed by atoms with Gasteiger partial charge in [-0.2, -0.15) is 0 Å². The second kappa shape index (κ2) is 7.48. The molecule has 2 N–H and O–H groups in total. The van der Waals surface area contributed by atoms with Crippen molar-refractivity contribution >= 4 is 22.5 Å². The van der Waals surface area contributed by atoms with E-state index in [0.717, 1.165) is 36.8 Å². The number of benzene rings is 2. The Morgan fingerprint density at radius 1 is 1.07 bits per heavy atom. The molecule has 0 bridgehead atoms. The molecule has 0 radical (unpaired) electrons. The molecule has 4 nitrogen and oxygen atoms in total. The van der Waals surface area contributed by atoms with Crippen molar-refractivity contribution in [2.24, 2.45) is 0 Å². The van der Waals surface area contributed by atoms with Crippen LogP contribution in [0.3, 0.4) is 0 Å². The predicted molar refractivity (Wildman–Crippen MR) is 102 cm³/mol. The highest BCUT2D eigenvalue weighted by molar-refractivity contribution is 5.92. The van der Waals surface area contributed by atoms with Crippen LogP contribution in [0.2, 0.25) is 0 Å². The summed E-state index contributed by atoms with van der Waals surface area (Å²) in [6.45, 7) is 1.98. The number of carbonyl (C=O) groups excluding carboxylic acids is 1. The molecule has 1 aromatic heterocycles. The molecular formula is C21H21F2N3O. The van der Waals surface area contributed by atoms with Gasteiger partial charge in [-0.1, -0.05) is 0 Å². The van der Waals surface area contributed by atoms with Crippen molar-refractivity contribution in [2.75, 3.05) is 25.0 Å². The van der Waals surface area contributed by atoms with E-state index < -0.39 is 0 Å². The van der Waals surface area contributed by atoms with Crippen LogP contribution in [-0.4, -0.2) is 35.4 Å². The Morgan fingerprint density at radius 3 is 2.52 bits per heavy atom. The summed E-state index contributed by atoms with van der Waals surface area (Å²) < 4.78 is 26.3. The number of halogens is 2. The molecule has 27 heavy (non-hydrogen) atoms. The van der Waals surface area contributed by atoms with Gasteiger partial charge in [0, 0.05) is 22.8 Å². The van der Waals surface area contributed by atoms with Gasteiger partial charge in [0.1, 0.15) is 11.6 Å². The van der Waals surface area contributed by atoms with Crippen molar-refractivity contribution in [2.45, 2.75) is 18.8 Å². The average molecular weight is 369 g/mol. The van der Waals surface area contributed by atoms with E-state index in [9.17, 15) is 13.6 Å². The summed E-state index contributed by atoms with van der Waals surface area (Å²) in [5.41, 5.74) is 2.65. The Morgan fingerprint density at radius 2 is 1.78 bits per heavy atom. The number of piperidine rings is 1. The van der Waals surface area contributed by atoms with E-state index in [1.807, 2.05) is 12.3 Å².